The molecule has 3 rings (SSSR count). The average Bonchev–Trinajstić information content (AvgIpc) is 3.19. The van der Waals surface area contributed by atoms with Gasteiger partial charge in [-0.15, -0.1) is 0 Å². The van der Waals surface area contributed by atoms with Crippen LogP contribution in [0.1, 0.15) is 31.7 Å². The normalized spacial score (nSPS) is 18.3. The number of amides is 1. The molecule has 6 nitrogen and oxygen atoms in total. The molecular formula is C20H28N4O2. The number of nitrogens with zero attached hydrogens (tertiary/aromatic N) is 4. The summed E-state index contributed by atoms with van der Waals surface area (Å²) in [5.41, 5.74) is 2.14. The van der Waals surface area contributed by atoms with E-state index < -0.39 is 0 Å². The second-order valence-corrected chi connectivity index (χ2v) is 6.83. The summed E-state index contributed by atoms with van der Waals surface area (Å²) < 4.78 is 7.29. The van der Waals surface area contributed by atoms with Crippen LogP contribution >= 0.6 is 0 Å². The van der Waals surface area contributed by atoms with E-state index in [2.05, 4.69) is 23.0 Å². The Balaban J connectivity index is 1.89. The Labute approximate surface area is 155 Å². The zero-order valence-corrected chi connectivity index (χ0v) is 15.9. The molecule has 0 N–H and O–H groups in total. The third kappa shape index (κ3) is 3.90. The molecule has 1 aromatic heterocycles. The minimum Gasteiger partial charge on any atom is -0.497 e. The molecule has 0 aliphatic carbocycles. The standard InChI is InChI=1S/C20H28N4O2/c1-4-5-7-19-20(25)22(2)12-13-23(19)15-16-14-17(26-3)8-9-18(16)24-11-6-10-21-24/h6,8-11,14,19H,4-5,7,12-13,15H2,1-3H3/t19-/m1/s1. The van der Waals surface area contributed by atoms with Gasteiger partial charge in [-0.25, -0.2) is 4.68 Å². The number of unbranched alkanes of at least 4 members (excludes halogenated alkanes) is 1. The second kappa shape index (κ2) is 8.36. The molecule has 0 spiro atoms. The highest BCUT2D eigenvalue weighted by Crippen LogP contribution is 2.25. The number of aromatic nitrogens is 2. The van der Waals surface area contributed by atoms with Crippen LogP contribution in [0.4, 0.5) is 0 Å². The van der Waals surface area contributed by atoms with Crippen molar-refractivity contribution in [3.8, 4) is 11.4 Å². The van der Waals surface area contributed by atoms with Gasteiger partial charge in [0.25, 0.3) is 0 Å². The number of benzene rings is 1. The molecule has 2 heterocycles. The lowest BCUT2D eigenvalue weighted by atomic mass is 10.0. The van der Waals surface area contributed by atoms with Gasteiger partial charge in [-0.05, 0) is 36.2 Å². The fourth-order valence-electron chi connectivity index (χ4n) is 3.52. The van der Waals surface area contributed by atoms with Crippen molar-refractivity contribution in [2.45, 2.75) is 38.8 Å². The highest BCUT2D eigenvalue weighted by molar-refractivity contribution is 5.82. The summed E-state index contributed by atoms with van der Waals surface area (Å²) in [5, 5.41) is 4.37. The molecule has 1 fully saturated rings. The number of hydrogen-bond acceptors (Lipinski definition) is 4. The van der Waals surface area contributed by atoms with Crippen molar-refractivity contribution in [2.75, 3.05) is 27.2 Å². The van der Waals surface area contributed by atoms with Crippen LogP contribution in [0.5, 0.6) is 5.75 Å². The van der Waals surface area contributed by atoms with Gasteiger partial charge in [0, 0.05) is 39.1 Å². The van der Waals surface area contributed by atoms with Crippen LogP contribution in [0.3, 0.4) is 0 Å². The van der Waals surface area contributed by atoms with E-state index in [0.717, 1.165) is 49.4 Å². The molecule has 1 saturated heterocycles. The van der Waals surface area contributed by atoms with E-state index in [1.807, 2.05) is 41.0 Å². The second-order valence-electron chi connectivity index (χ2n) is 6.83. The summed E-state index contributed by atoms with van der Waals surface area (Å²) in [6.45, 7) is 4.52. The Morgan fingerprint density at radius 1 is 1.31 bits per heavy atom. The Morgan fingerprint density at radius 2 is 2.15 bits per heavy atom. The Hall–Kier alpha value is -2.34. The molecule has 1 aromatic carbocycles. The van der Waals surface area contributed by atoms with Crippen LogP contribution in [0.25, 0.3) is 5.69 Å². The van der Waals surface area contributed by atoms with Crippen LogP contribution in [0.2, 0.25) is 0 Å². The molecule has 0 unspecified atom stereocenters. The zero-order valence-electron chi connectivity index (χ0n) is 15.9. The predicted octanol–water partition coefficient (Wildman–Crippen LogP) is 2.71. The van der Waals surface area contributed by atoms with E-state index in [1.54, 1.807) is 13.3 Å². The number of rotatable bonds is 7. The van der Waals surface area contributed by atoms with Gasteiger partial charge in [-0.3, -0.25) is 9.69 Å². The highest BCUT2D eigenvalue weighted by Gasteiger charge is 2.32. The lowest BCUT2D eigenvalue weighted by Crippen LogP contribution is -2.55. The molecule has 26 heavy (non-hydrogen) atoms. The molecule has 0 bridgehead atoms. The van der Waals surface area contributed by atoms with Crippen LogP contribution in [-0.2, 0) is 11.3 Å². The minimum absolute atomic E-state index is 0.0506. The predicted molar refractivity (Wildman–Crippen MR) is 101 cm³/mol. The van der Waals surface area contributed by atoms with E-state index in [-0.39, 0.29) is 11.9 Å². The number of ether oxygens (including phenoxy) is 1. The highest BCUT2D eigenvalue weighted by atomic mass is 16.5. The summed E-state index contributed by atoms with van der Waals surface area (Å²) in [4.78, 5) is 16.9. The number of likely N-dealkylation sites (N-methyl/N-ethyl adjacent to an activating group) is 1. The maximum Gasteiger partial charge on any atom is 0.239 e. The number of carbonyl (C=O) groups excluding carboxylic acids is 1. The summed E-state index contributed by atoms with van der Waals surface area (Å²) in [7, 11) is 3.58. The number of methoxy groups -OCH3 is 1. The van der Waals surface area contributed by atoms with Crippen molar-refractivity contribution in [2.24, 2.45) is 0 Å². The van der Waals surface area contributed by atoms with Gasteiger partial charge in [0.2, 0.25) is 5.91 Å². The quantitative estimate of drug-likeness (QED) is 0.765. The number of hydrogen-bond donors (Lipinski definition) is 0. The molecule has 1 aliphatic heterocycles. The third-order valence-corrected chi connectivity index (χ3v) is 5.07. The van der Waals surface area contributed by atoms with Gasteiger partial charge in [0.1, 0.15) is 5.75 Å². The maximum absolute atomic E-state index is 12.7. The first-order valence-corrected chi connectivity index (χ1v) is 9.30. The van der Waals surface area contributed by atoms with Gasteiger partial charge in [0.15, 0.2) is 0 Å². The molecule has 0 saturated carbocycles. The first-order valence-electron chi connectivity index (χ1n) is 9.30. The van der Waals surface area contributed by atoms with Gasteiger partial charge in [-0.2, -0.15) is 5.10 Å². The first kappa shape index (κ1) is 18.5. The van der Waals surface area contributed by atoms with Gasteiger partial charge in [0.05, 0.1) is 18.8 Å². The maximum atomic E-state index is 12.7. The summed E-state index contributed by atoms with van der Waals surface area (Å²) in [6, 6.07) is 7.89. The summed E-state index contributed by atoms with van der Waals surface area (Å²) in [5.74, 6) is 1.05. The lowest BCUT2D eigenvalue weighted by Gasteiger charge is -2.39. The number of carbonyl (C=O) groups is 1. The van der Waals surface area contributed by atoms with Crippen LogP contribution < -0.4 is 4.74 Å². The Bertz CT molecular complexity index is 729. The zero-order chi connectivity index (χ0) is 18.5. The molecule has 0 radical (unpaired) electrons. The molecule has 1 aliphatic rings. The monoisotopic (exact) mass is 356 g/mol. The largest absolute Gasteiger partial charge is 0.497 e. The van der Waals surface area contributed by atoms with Crippen molar-refractivity contribution in [3.05, 3.63) is 42.2 Å². The smallest absolute Gasteiger partial charge is 0.239 e. The Morgan fingerprint density at radius 3 is 2.85 bits per heavy atom. The molecular weight excluding hydrogens is 328 g/mol. The van der Waals surface area contributed by atoms with Crippen molar-refractivity contribution < 1.29 is 9.53 Å². The van der Waals surface area contributed by atoms with Gasteiger partial charge in [-0.1, -0.05) is 19.8 Å². The van der Waals surface area contributed by atoms with Gasteiger partial charge < -0.3 is 9.64 Å². The molecule has 6 heteroatoms. The van der Waals surface area contributed by atoms with E-state index in [4.69, 9.17) is 4.74 Å². The summed E-state index contributed by atoms with van der Waals surface area (Å²) >= 11 is 0. The Kier molecular flexibility index (Phi) is 5.93. The van der Waals surface area contributed by atoms with E-state index >= 15 is 0 Å². The van der Waals surface area contributed by atoms with E-state index in [1.165, 1.54) is 0 Å². The van der Waals surface area contributed by atoms with E-state index in [0.29, 0.717) is 6.54 Å². The van der Waals surface area contributed by atoms with Gasteiger partial charge >= 0.3 is 0 Å². The molecule has 2 aromatic rings. The topological polar surface area (TPSA) is 50.6 Å². The van der Waals surface area contributed by atoms with Crippen molar-refractivity contribution in [3.63, 3.8) is 0 Å². The van der Waals surface area contributed by atoms with Crippen LogP contribution in [0, 0.1) is 0 Å². The summed E-state index contributed by atoms with van der Waals surface area (Å²) in [6.07, 6.45) is 6.77. The molecule has 1 amide bonds. The fraction of sp³-hybridized carbons (Fsp3) is 0.500. The van der Waals surface area contributed by atoms with E-state index in [9.17, 15) is 4.79 Å². The SMILES string of the molecule is CCCC[C@@H]1C(=O)N(C)CCN1Cc1cc(OC)ccc1-n1cccn1. The van der Waals surface area contributed by atoms with Crippen LogP contribution in [0.15, 0.2) is 36.7 Å². The first-order chi connectivity index (χ1) is 12.6. The minimum atomic E-state index is -0.0506. The lowest BCUT2D eigenvalue weighted by molar-refractivity contribution is -0.140. The van der Waals surface area contributed by atoms with Crippen molar-refractivity contribution in [1.29, 1.82) is 0 Å². The third-order valence-electron chi connectivity index (χ3n) is 5.07. The average molecular weight is 356 g/mol. The fourth-order valence-corrected chi connectivity index (χ4v) is 3.52. The van der Waals surface area contributed by atoms with Crippen LogP contribution in [-0.4, -0.2) is 58.8 Å². The number of piperazine rings is 1. The molecule has 140 valence electrons. The van der Waals surface area contributed by atoms with Crippen molar-refractivity contribution in [1.82, 2.24) is 19.6 Å². The molecule has 1 atom stereocenters. The van der Waals surface area contributed by atoms with Crippen molar-refractivity contribution >= 4 is 5.91 Å².